The molecule has 1 atom stereocenters. The molecule has 0 radical (unpaired) electrons. The first-order valence-electron chi connectivity index (χ1n) is 6.81. The highest BCUT2D eigenvalue weighted by atomic mass is 19.4. The first-order valence-corrected chi connectivity index (χ1v) is 6.81. The van der Waals surface area contributed by atoms with Gasteiger partial charge in [0.15, 0.2) is 0 Å². The lowest BCUT2D eigenvalue weighted by Crippen LogP contribution is -2.28. The summed E-state index contributed by atoms with van der Waals surface area (Å²) in [6, 6.07) is 10.1. The molecular formula is C15H22F3NO. The summed E-state index contributed by atoms with van der Waals surface area (Å²) >= 11 is 0. The molecule has 0 bridgehead atoms. The number of rotatable bonds is 8. The zero-order valence-corrected chi connectivity index (χ0v) is 11.9. The van der Waals surface area contributed by atoms with E-state index < -0.39 is 12.8 Å². The van der Waals surface area contributed by atoms with Gasteiger partial charge in [0.1, 0.15) is 6.61 Å². The monoisotopic (exact) mass is 289 g/mol. The van der Waals surface area contributed by atoms with Gasteiger partial charge in [0, 0.05) is 12.6 Å². The molecule has 114 valence electrons. The summed E-state index contributed by atoms with van der Waals surface area (Å²) in [6.45, 7) is 3.52. The van der Waals surface area contributed by atoms with Crippen LogP contribution in [0.3, 0.4) is 0 Å². The second-order valence-electron chi connectivity index (χ2n) is 5.21. The van der Waals surface area contributed by atoms with Gasteiger partial charge in [-0.3, -0.25) is 0 Å². The summed E-state index contributed by atoms with van der Waals surface area (Å²) in [6.07, 6.45) is -3.32. The van der Waals surface area contributed by atoms with E-state index in [9.17, 15) is 13.2 Å². The third-order valence-electron chi connectivity index (χ3n) is 2.81. The van der Waals surface area contributed by atoms with Crippen molar-refractivity contribution in [3.8, 4) is 0 Å². The fourth-order valence-corrected chi connectivity index (χ4v) is 1.99. The van der Waals surface area contributed by atoms with Gasteiger partial charge in [0.25, 0.3) is 0 Å². The van der Waals surface area contributed by atoms with Crippen molar-refractivity contribution in [3.05, 3.63) is 35.9 Å². The highest BCUT2D eigenvalue weighted by Crippen LogP contribution is 2.20. The van der Waals surface area contributed by atoms with Crippen LogP contribution in [0.2, 0.25) is 0 Å². The Labute approximate surface area is 118 Å². The molecule has 1 N–H and O–H groups in total. The number of benzene rings is 1. The number of alkyl halides is 3. The standard InChI is InChI=1S/C15H22F3NO/c1-12(2)10-14(13-6-4-3-5-7-13)19-8-9-20-11-15(16,17)18/h3-7,12,14,19H,8-11H2,1-2H3. The van der Waals surface area contributed by atoms with Crippen LogP contribution < -0.4 is 5.32 Å². The molecule has 1 aromatic rings. The van der Waals surface area contributed by atoms with Crippen molar-refractivity contribution in [3.63, 3.8) is 0 Å². The zero-order valence-electron chi connectivity index (χ0n) is 11.9. The summed E-state index contributed by atoms with van der Waals surface area (Å²) in [4.78, 5) is 0. The molecule has 0 aliphatic carbocycles. The number of hydrogen-bond donors (Lipinski definition) is 1. The molecule has 0 saturated heterocycles. The lowest BCUT2D eigenvalue weighted by Gasteiger charge is -2.21. The molecule has 0 amide bonds. The molecule has 0 aliphatic heterocycles. The molecule has 5 heteroatoms. The van der Waals surface area contributed by atoms with Crippen LogP contribution in [0.15, 0.2) is 30.3 Å². The Morgan fingerprint density at radius 2 is 1.80 bits per heavy atom. The normalized spacial score (nSPS) is 13.7. The number of hydrogen-bond acceptors (Lipinski definition) is 2. The van der Waals surface area contributed by atoms with Crippen molar-refractivity contribution >= 4 is 0 Å². The quantitative estimate of drug-likeness (QED) is 0.732. The summed E-state index contributed by atoms with van der Waals surface area (Å²) in [5.41, 5.74) is 1.15. The van der Waals surface area contributed by atoms with Crippen molar-refractivity contribution in [2.75, 3.05) is 19.8 Å². The minimum atomic E-state index is -4.25. The van der Waals surface area contributed by atoms with Crippen molar-refractivity contribution in [2.45, 2.75) is 32.5 Å². The second kappa shape index (κ2) is 8.27. The van der Waals surface area contributed by atoms with Gasteiger partial charge in [-0.05, 0) is 17.9 Å². The Kier molecular flexibility index (Phi) is 7.02. The van der Waals surface area contributed by atoms with Gasteiger partial charge >= 0.3 is 6.18 Å². The minimum absolute atomic E-state index is 0.0565. The highest BCUT2D eigenvalue weighted by Gasteiger charge is 2.27. The Balaban J connectivity index is 2.39. The fraction of sp³-hybridized carbons (Fsp3) is 0.600. The van der Waals surface area contributed by atoms with Gasteiger partial charge in [0.2, 0.25) is 0 Å². The predicted octanol–water partition coefficient (Wildman–Crippen LogP) is 3.94. The molecule has 0 aromatic heterocycles. The van der Waals surface area contributed by atoms with Crippen LogP contribution >= 0.6 is 0 Å². The molecule has 1 unspecified atom stereocenters. The highest BCUT2D eigenvalue weighted by molar-refractivity contribution is 5.18. The molecule has 20 heavy (non-hydrogen) atoms. The Morgan fingerprint density at radius 3 is 2.35 bits per heavy atom. The van der Waals surface area contributed by atoms with Crippen molar-refractivity contribution in [2.24, 2.45) is 5.92 Å². The minimum Gasteiger partial charge on any atom is -0.371 e. The van der Waals surface area contributed by atoms with Gasteiger partial charge in [-0.2, -0.15) is 13.2 Å². The van der Waals surface area contributed by atoms with Crippen LogP contribution in [0.1, 0.15) is 31.9 Å². The topological polar surface area (TPSA) is 21.3 Å². The van der Waals surface area contributed by atoms with E-state index >= 15 is 0 Å². The lowest BCUT2D eigenvalue weighted by molar-refractivity contribution is -0.173. The van der Waals surface area contributed by atoms with E-state index in [0.29, 0.717) is 12.5 Å². The zero-order chi connectivity index (χ0) is 15.0. The van der Waals surface area contributed by atoms with Gasteiger partial charge in [-0.1, -0.05) is 44.2 Å². The number of ether oxygens (including phenoxy) is 1. The Bertz CT molecular complexity index is 365. The molecule has 0 aliphatic rings. The third-order valence-corrected chi connectivity index (χ3v) is 2.81. The van der Waals surface area contributed by atoms with E-state index in [4.69, 9.17) is 0 Å². The summed E-state index contributed by atoms with van der Waals surface area (Å²) in [7, 11) is 0. The maximum absolute atomic E-state index is 11.9. The Hall–Kier alpha value is -1.07. The molecule has 1 aromatic carbocycles. The first-order chi connectivity index (χ1) is 9.38. The van der Waals surface area contributed by atoms with Crippen molar-refractivity contribution in [1.82, 2.24) is 5.32 Å². The summed E-state index contributed by atoms with van der Waals surface area (Å²) < 4.78 is 40.4. The van der Waals surface area contributed by atoms with Crippen LogP contribution in [-0.4, -0.2) is 25.9 Å². The van der Waals surface area contributed by atoms with Crippen molar-refractivity contribution < 1.29 is 17.9 Å². The van der Waals surface area contributed by atoms with Gasteiger partial charge in [0.05, 0.1) is 6.61 Å². The van der Waals surface area contributed by atoms with E-state index in [1.807, 2.05) is 30.3 Å². The van der Waals surface area contributed by atoms with E-state index in [0.717, 1.165) is 12.0 Å². The number of halogens is 3. The van der Waals surface area contributed by atoms with Crippen LogP contribution in [0, 0.1) is 5.92 Å². The van der Waals surface area contributed by atoms with Gasteiger partial charge < -0.3 is 10.1 Å². The summed E-state index contributed by atoms with van der Waals surface area (Å²) in [5, 5.41) is 3.26. The van der Waals surface area contributed by atoms with Gasteiger partial charge in [-0.25, -0.2) is 0 Å². The maximum Gasteiger partial charge on any atom is 0.411 e. The first kappa shape index (κ1) is 17.0. The largest absolute Gasteiger partial charge is 0.411 e. The van der Waals surface area contributed by atoms with Gasteiger partial charge in [-0.15, -0.1) is 0 Å². The maximum atomic E-state index is 11.9. The molecule has 0 spiro atoms. The van der Waals surface area contributed by atoms with E-state index in [1.54, 1.807) is 0 Å². The van der Waals surface area contributed by atoms with Crippen LogP contribution in [0.4, 0.5) is 13.2 Å². The van der Waals surface area contributed by atoms with Crippen molar-refractivity contribution in [1.29, 1.82) is 0 Å². The smallest absolute Gasteiger partial charge is 0.371 e. The van der Waals surface area contributed by atoms with Crippen LogP contribution in [0.5, 0.6) is 0 Å². The van der Waals surface area contributed by atoms with E-state index in [2.05, 4.69) is 23.9 Å². The average Bonchev–Trinajstić information content (AvgIpc) is 2.36. The van der Waals surface area contributed by atoms with E-state index in [1.165, 1.54) is 0 Å². The fourth-order valence-electron chi connectivity index (χ4n) is 1.99. The van der Waals surface area contributed by atoms with Crippen LogP contribution in [-0.2, 0) is 4.74 Å². The van der Waals surface area contributed by atoms with E-state index in [-0.39, 0.29) is 12.6 Å². The number of nitrogens with one attached hydrogen (secondary N) is 1. The molecule has 0 heterocycles. The molecule has 0 saturated carbocycles. The average molecular weight is 289 g/mol. The third kappa shape index (κ3) is 7.50. The Morgan fingerprint density at radius 1 is 1.15 bits per heavy atom. The predicted molar refractivity (Wildman–Crippen MR) is 73.5 cm³/mol. The molecule has 0 fully saturated rings. The summed E-state index contributed by atoms with van der Waals surface area (Å²) in [5.74, 6) is 0.504. The molecule has 1 rings (SSSR count). The molecular weight excluding hydrogens is 267 g/mol. The van der Waals surface area contributed by atoms with Crippen LogP contribution in [0.25, 0.3) is 0 Å². The SMILES string of the molecule is CC(C)CC(NCCOCC(F)(F)F)c1ccccc1. The second-order valence-corrected chi connectivity index (χ2v) is 5.21. The lowest BCUT2D eigenvalue weighted by atomic mass is 9.97. The molecule has 2 nitrogen and oxygen atoms in total.